The van der Waals surface area contributed by atoms with E-state index in [4.69, 9.17) is 0 Å². The number of pyridine rings is 1. The zero-order chi connectivity index (χ0) is 13.1. The van der Waals surface area contributed by atoms with Gasteiger partial charge in [-0.3, -0.25) is 0 Å². The quantitative estimate of drug-likeness (QED) is 0.879. The highest BCUT2D eigenvalue weighted by Gasteiger charge is 2.14. The van der Waals surface area contributed by atoms with Crippen molar-refractivity contribution in [3.63, 3.8) is 0 Å². The molecule has 0 bridgehead atoms. The Morgan fingerprint density at radius 3 is 3.05 bits per heavy atom. The number of nitrogens with one attached hydrogen (secondary N) is 1. The van der Waals surface area contributed by atoms with E-state index in [2.05, 4.69) is 62.3 Å². The van der Waals surface area contributed by atoms with Crippen molar-refractivity contribution < 1.29 is 0 Å². The number of fused-ring (bicyclic) bond motifs is 1. The average Bonchev–Trinajstić information content (AvgIpc) is 2.47. The van der Waals surface area contributed by atoms with Crippen LogP contribution in [0.3, 0.4) is 0 Å². The second-order valence-corrected chi connectivity index (χ2v) is 7.13. The van der Waals surface area contributed by atoms with Crippen molar-refractivity contribution in [2.24, 2.45) is 0 Å². The summed E-state index contributed by atoms with van der Waals surface area (Å²) in [4.78, 5) is 4.49. The fourth-order valence-corrected chi connectivity index (χ4v) is 4.23. The lowest BCUT2D eigenvalue weighted by molar-refractivity contribution is 0.677. The Kier molecular flexibility index (Phi) is 4.28. The smallest absolute Gasteiger partial charge is 0.133 e. The van der Waals surface area contributed by atoms with Crippen LogP contribution in [-0.2, 0) is 0 Å². The summed E-state index contributed by atoms with van der Waals surface area (Å²) in [5, 5.41) is 6.68. The zero-order valence-corrected chi connectivity index (χ0v) is 13.1. The molecule has 1 aliphatic rings. The van der Waals surface area contributed by atoms with Gasteiger partial charge in [0.05, 0.1) is 0 Å². The summed E-state index contributed by atoms with van der Waals surface area (Å²) in [6, 6.07) is 8.32. The van der Waals surface area contributed by atoms with E-state index >= 15 is 0 Å². The minimum Gasteiger partial charge on any atom is -0.368 e. The Bertz CT molecular complexity index is 567. The molecule has 0 spiro atoms. The number of benzene rings is 1. The second-order valence-electron chi connectivity index (χ2n) is 4.86. The maximum Gasteiger partial charge on any atom is 0.133 e. The first-order valence-electron chi connectivity index (χ1n) is 6.73. The molecule has 2 nitrogen and oxygen atoms in total. The van der Waals surface area contributed by atoms with Crippen LogP contribution in [0.5, 0.6) is 0 Å². The van der Waals surface area contributed by atoms with Crippen molar-refractivity contribution in [3.05, 3.63) is 34.9 Å². The van der Waals surface area contributed by atoms with Gasteiger partial charge in [0.15, 0.2) is 0 Å². The number of hydrogen-bond donors (Lipinski definition) is 1. The van der Waals surface area contributed by atoms with E-state index in [1.54, 1.807) is 0 Å². The number of halogens is 1. The molecular weight excluding hydrogens is 320 g/mol. The number of aromatic nitrogens is 1. The molecule has 1 unspecified atom stereocenters. The molecule has 1 aliphatic heterocycles. The Hall–Kier alpha value is -0.740. The molecule has 1 saturated heterocycles. The van der Waals surface area contributed by atoms with Gasteiger partial charge >= 0.3 is 0 Å². The number of rotatable bonds is 3. The van der Waals surface area contributed by atoms with Crippen LogP contribution in [0.1, 0.15) is 19.3 Å². The first-order valence-corrected chi connectivity index (χ1v) is 8.57. The number of nitrogens with zero attached hydrogens (tertiary/aromatic N) is 1. The van der Waals surface area contributed by atoms with E-state index in [0.29, 0.717) is 0 Å². The van der Waals surface area contributed by atoms with Crippen LogP contribution < -0.4 is 5.32 Å². The second kappa shape index (κ2) is 6.14. The fourth-order valence-electron chi connectivity index (χ4n) is 2.49. The summed E-state index contributed by atoms with van der Waals surface area (Å²) in [6.07, 6.45) is 5.95. The van der Waals surface area contributed by atoms with Crippen LogP contribution in [0.25, 0.3) is 10.8 Å². The summed E-state index contributed by atoms with van der Waals surface area (Å²) < 4.78 is 1.13. The molecule has 1 aromatic heterocycles. The van der Waals surface area contributed by atoms with E-state index < -0.39 is 0 Å². The maximum atomic E-state index is 4.49. The van der Waals surface area contributed by atoms with E-state index in [0.717, 1.165) is 22.1 Å². The van der Waals surface area contributed by atoms with E-state index in [-0.39, 0.29) is 0 Å². The molecule has 0 radical (unpaired) electrons. The van der Waals surface area contributed by atoms with Gasteiger partial charge in [-0.1, -0.05) is 34.5 Å². The van der Waals surface area contributed by atoms with E-state index in [1.807, 2.05) is 6.20 Å². The summed E-state index contributed by atoms with van der Waals surface area (Å²) in [5.74, 6) is 2.31. The molecule has 3 rings (SSSR count). The van der Waals surface area contributed by atoms with E-state index in [1.165, 1.54) is 35.8 Å². The Labute approximate surface area is 126 Å². The molecule has 100 valence electrons. The molecule has 1 fully saturated rings. The largest absolute Gasteiger partial charge is 0.368 e. The highest BCUT2D eigenvalue weighted by molar-refractivity contribution is 9.10. The first-order chi connectivity index (χ1) is 9.34. The molecule has 1 aromatic carbocycles. The summed E-state index contributed by atoms with van der Waals surface area (Å²) in [5.41, 5.74) is 0. The minimum atomic E-state index is 0.734. The van der Waals surface area contributed by atoms with Crippen LogP contribution in [0.15, 0.2) is 34.9 Å². The van der Waals surface area contributed by atoms with Crippen LogP contribution >= 0.6 is 27.7 Å². The van der Waals surface area contributed by atoms with Crippen molar-refractivity contribution in [2.75, 3.05) is 17.6 Å². The Morgan fingerprint density at radius 2 is 2.21 bits per heavy atom. The van der Waals surface area contributed by atoms with Crippen molar-refractivity contribution in [1.82, 2.24) is 4.98 Å². The Morgan fingerprint density at radius 1 is 1.26 bits per heavy atom. The normalized spacial score (nSPS) is 19.5. The molecule has 0 saturated carbocycles. The van der Waals surface area contributed by atoms with Gasteiger partial charge in [-0.05, 0) is 30.7 Å². The minimum absolute atomic E-state index is 0.734. The number of thioether (sulfide) groups is 1. The van der Waals surface area contributed by atoms with Gasteiger partial charge in [-0.15, -0.1) is 0 Å². The maximum absolute atomic E-state index is 4.49. The monoisotopic (exact) mass is 336 g/mol. The fraction of sp³-hybridized carbons (Fsp3) is 0.400. The lowest BCUT2D eigenvalue weighted by Crippen LogP contribution is -2.20. The van der Waals surface area contributed by atoms with Gasteiger partial charge < -0.3 is 5.32 Å². The molecule has 0 aliphatic carbocycles. The molecule has 2 aromatic rings. The SMILES string of the molecule is Brc1cccc2c(NCC3CCCCS3)nccc12. The van der Waals surface area contributed by atoms with Crippen LogP contribution in [0.4, 0.5) is 5.82 Å². The predicted octanol–water partition coefficient (Wildman–Crippen LogP) is 4.69. The van der Waals surface area contributed by atoms with Crippen LogP contribution in [0, 0.1) is 0 Å². The molecule has 2 heterocycles. The number of anilines is 1. The van der Waals surface area contributed by atoms with Crippen molar-refractivity contribution in [2.45, 2.75) is 24.5 Å². The third-order valence-corrected chi connectivity index (χ3v) is 5.61. The average molecular weight is 337 g/mol. The lowest BCUT2D eigenvalue weighted by Gasteiger charge is -2.22. The predicted molar refractivity (Wildman–Crippen MR) is 88.0 cm³/mol. The highest BCUT2D eigenvalue weighted by atomic mass is 79.9. The Balaban J connectivity index is 1.79. The number of hydrogen-bond acceptors (Lipinski definition) is 3. The third-order valence-electron chi connectivity index (χ3n) is 3.52. The summed E-state index contributed by atoms with van der Waals surface area (Å²) in [7, 11) is 0. The van der Waals surface area contributed by atoms with Crippen molar-refractivity contribution in [3.8, 4) is 0 Å². The van der Waals surface area contributed by atoms with E-state index in [9.17, 15) is 0 Å². The van der Waals surface area contributed by atoms with Gasteiger partial charge in [-0.2, -0.15) is 11.8 Å². The lowest BCUT2D eigenvalue weighted by atomic mass is 10.1. The van der Waals surface area contributed by atoms with Crippen LogP contribution in [0.2, 0.25) is 0 Å². The molecule has 0 amide bonds. The van der Waals surface area contributed by atoms with Gasteiger partial charge in [0.25, 0.3) is 0 Å². The summed E-state index contributed by atoms with van der Waals surface area (Å²) >= 11 is 5.69. The first kappa shape index (κ1) is 13.3. The van der Waals surface area contributed by atoms with Crippen molar-refractivity contribution in [1.29, 1.82) is 0 Å². The van der Waals surface area contributed by atoms with Gasteiger partial charge in [-0.25, -0.2) is 4.98 Å². The van der Waals surface area contributed by atoms with Gasteiger partial charge in [0.1, 0.15) is 5.82 Å². The molecule has 1 N–H and O–H groups in total. The highest BCUT2D eigenvalue weighted by Crippen LogP contribution is 2.29. The molecule has 19 heavy (non-hydrogen) atoms. The molecule has 1 atom stereocenters. The topological polar surface area (TPSA) is 24.9 Å². The van der Waals surface area contributed by atoms with Gasteiger partial charge in [0, 0.05) is 33.2 Å². The molecule has 4 heteroatoms. The third kappa shape index (κ3) is 3.06. The van der Waals surface area contributed by atoms with Crippen molar-refractivity contribution >= 4 is 44.3 Å². The summed E-state index contributed by atoms with van der Waals surface area (Å²) in [6.45, 7) is 1.02. The van der Waals surface area contributed by atoms with Crippen LogP contribution in [-0.4, -0.2) is 22.5 Å². The standard InChI is InChI=1S/C15H17BrN2S/c16-14-6-3-5-13-12(14)7-8-17-15(13)18-10-11-4-1-2-9-19-11/h3,5-8,11H,1-2,4,9-10H2,(H,17,18). The molecular formula is C15H17BrN2S. The zero-order valence-electron chi connectivity index (χ0n) is 10.7. The van der Waals surface area contributed by atoms with Gasteiger partial charge in [0.2, 0.25) is 0 Å².